The first-order chi connectivity index (χ1) is 6.96. The molecule has 0 spiro atoms. The van der Waals surface area contributed by atoms with Crippen molar-refractivity contribution in [1.82, 2.24) is 10.2 Å². The number of piperazine rings is 1. The number of hydrogen-bond acceptors (Lipinski definition) is 2. The first-order valence-corrected chi connectivity index (χ1v) is 6.03. The third kappa shape index (κ3) is 3.49. The van der Waals surface area contributed by atoms with Crippen LogP contribution in [-0.4, -0.2) is 35.5 Å². The van der Waals surface area contributed by atoms with Crippen molar-refractivity contribution in [3.05, 3.63) is 0 Å². The summed E-state index contributed by atoms with van der Waals surface area (Å²) >= 11 is 0. The molecule has 0 aromatic heterocycles. The summed E-state index contributed by atoms with van der Waals surface area (Å²) < 4.78 is 0. The maximum atomic E-state index is 11.9. The molecule has 1 amide bonds. The zero-order valence-electron chi connectivity index (χ0n) is 10.5. The second kappa shape index (κ2) is 4.97. The Hall–Kier alpha value is -0.570. The molecule has 1 atom stereocenters. The largest absolute Gasteiger partial charge is 0.340 e. The molecule has 0 aliphatic carbocycles. The van der Waals surface area contributed by atoms with Gasteiger partial charge in [0.15, 0.2) is 0 Å². The summed E-state index contributed by atoms with van der Waals surface area (Å²) in [6.07, 6.45) is 3.55. The smallest absolute Gasteiger partial charge is 0.239 e. The lowest BCUT2D eigenvalue weighted by Crippen LogP contribution is -2.63. The topological polar surface area (TPSA) is 32.3 Å². The number of hydrogen-bond donors (Lipinski definition) is 1. The summed E-state index contributed by atoms with van der Waals surface area (Å²) in [5.74, 6) is 0.255. The van der Waals surface area contributed by atoms with E-state index >= 15 is 0 Å². The first-order valence-electron chi connectivity index (χ1n) is 6.03. The fourth-order valence-electron chi connectivity index (χ4n) is 2.26. The molecule has 1 aliphatic heterocycles. The van der Waals surface area contributed by atoms with Crippen molar-refractivity contribution in [3.8, 4) is 0 Å². The predicted molar refractivity (Wildman–Crippen MR) is 62.8 cm³/mol. The van der Waals surface area contributed by atoms with Gasteiger partial charge in [-0.1, -0.05) is 19.8 Å². The SMILES string of the molecule is CCCCCN1CC(C)(C)NC(C)C1=O. The molecule has 0 aromatic carbocycles. The van der Waals surface area contributed by atoms with Gasteiger partial charge in [0, 0.05) is 18.6 Å². The van der Waals surface area contributed by atoms with Gasteiger partial charge in [-0.2, -0.15) is 0 Å². The van der Waals surface area contributed by atoms with Crippen LogP contribution in [0.5, 0.6) is 0 Å². The van der Waals surface area contributed by atoms with E-state index in [1.54, 1.807) is 0 Å². The van der Waals surface area contributed by atoms with Crippen LogP contribution in [0.15, 0.2) is 0 Å². The van der Waals surface area contributed by atoms with Crippen molar-refractivity contribution in [2.24, 2.45) is 0 Å². The molecular weight excluding hydrogens is 188 g/mol. The van der Waals surface area contributed by atoms with E-state index < -0.39 is 0 Å². The zero-order valence-corrected chi connectivity index (χ0v) is 10.5. The van der Waals surface area contributed by atoms with E-state index in [-0.39, 0.29) is 17.5 Å². The third-order valence-electron chi connectivity index (χ3n) is 2.91. The van der Waals surface area contributed by atoms with Crippen LogP contribution in [0, 0.1) is 0 Å². The molecule has 3 nitrogen and oxygen atoms in total. The number of rotatable bonds is 4. The van der Waals surface area contributed by atoms with E-state index in [0.29, 0.717) is 0 Å². The number of carbonyl (C=O) groups is 1. The van der Waals surface area contributed by atoms with Crippen LogP contribution < -0.4 is 5.32 Å². The minimum Gasteiger partial charge on any atom is -0.340 e. The van der Waals surface area contributed by atoms with Gasteiger partial charge in [0.25, 0.3) is 0 Å². The fourth-order valence-corrected chi connectivity index (χ4v) is 2.26. The van der Waals surface area contributed by atoms with E-state index in [9.17, 15) is 4.79 Å². The molecule has 0 saturated carbocycles. The van der Waals surface area contributed by atoms with Crippen molar-refractivity contribution in [2.75, 3.05) is 13.1 Å². The van der Waals surface area contributed by atoms with Gasteiger partial charge in [-0.05, 0) is 27.2 Å². The highest BCUT2D eigenvalue weighted by molar-refractivity contribution is 5.82. The molecule has 1 N–H and O–H groups in total. The summed E-state index contributed by atoms with van der Waals surface area (Å²) in [6.45, 7) is 10.2. The van der Waals surface area contributed by atoms with Gasteiger partial charge in [0.05, 0.1) is 6.04 Å². The van der Waals surface area contributed by atoms with Gasteiger partial charge in [-0.3, -0.25) is 10.1 Å². The van der Waals surface area contributed by atoms with Gasteiger partial charge in [0.1, 0.15) is 0 Å². The molecule has 1 heterocycles. The number of nitrogens with one attached hydrogen (secondary N) is 1. The lowest BCUT2D eigenvalue weighted by atomic mass is 9.98. The number of unbranched alkanes of at least 4 members (excludes halogenated alkanes) is 2. The third-order valence-corrected chi connectivity index (χ3v) is 2.91. The standard InChI is InChI=1S/C12H24N2O/c1-5-6-7-8-14-9-12(3,4)13-10(2)11(14)15/h10,13H,5-9H2,1-4H3. The van der Waals surface area contributed by atoms with Crippen LogP contribution in [0.2, 0.25) is 0 Å². The van der Waals surface area contributed by atoms with E-state index in [1.165, 1.54) is 12.8 Å². The Balaban J connectivity index is 2.50. The summed E-state index contributed by atoms with van der Waals surface area (Å²) in [4.78, 5) is 13.9. The van der Waals surface area contributed by atoms with E-state index in [4.69, 9.17) is 0 Å². The Morgan fingerprint density at radius 2 is 2.13 bits per heavy atom. The molecule has 1 aliphatic rings. The minimum atomic E-state index is -0.0321. The van der Waals surface area contributed by atoms with Crippen molar-refractivity contribution < 1.29 is 4.79 Å². The van der Waals surface area contributed by atoms with Crippen LogP contribution in [0.4, 0.5) is 0 Å². The van der Waals surface area contributed by atoms with Crippen LogP contribution in [0.25, 0.3) is 0 Å². The first kappa shape index (κ1) is 12.5. The van der Waals surface area contributed by atoms with E-state index in [0.717, 1.165) is 19.5 Å². The lowest BCUT2D eigenvalue weighted by Gasteiger charge is -2.42. The molecule has 1 rings (SSSR count). The number of carbonyl (C=O) groups excluding carboxylic acids is 1. The number of nitrogens with zero attached hydrogens (tertiary/aromatic N) is 1. The second-order valence-electron chi connectivity index (χ2n) is 5.22. The molecular formula is C12H24N2O. The quantitative estimate of drug-likeness (QED) is 0.720. The molecule has 0 radical (unpaired) electrons. The molecule has 3 heteroatoms. The Bertz CT molecular complexity index is 226. The monoisotopic (exact) mass is 212 g/mol. The highest BCUT2D eigenvalue weighted by Gasteiger charge is 2.34. The average Bonchev–Trinajstić information content (AvgIpc) is 2.12. The number of amides is 1. The Kier molecular flexibility index (Phi) is 4.14. The van der Waals surface area contributed by atoms with Crippen molar-refractivity contribution in [3.63, 3.8) is 0 Å². The predicted octanol–water partition coefficient (Wildman–Crippen LogP) is 1.78. The van der Waals surface area contributed by atoms with Gasteiger partial charge in [0.2, 0.25) is 5.91 Å². The molecule has 0 bridgehead atoms. The Morgan fingerprint density at radius 3 is 2.73 bits per heavy atom. The van der Waals surface area contributed by atoms with Crippen molar-refractivity contribution >= 4 is 5.91 Å². The Labute approximate surface area is 93.2 Å². The van der Waals surface area contributed by atoms with Gasteiger partial charge < -0.3 is 4.90 Å². The zero-order chi connectivity index (χ0) is 11.5. The molecule has 1 unspecified atom stereocenters. The highest BCUT2D eigenvalue weighted by atomic mass is 16.2. The fraction of sp³-hybridized carbons (Fsp3) is 0.917. The van der Waals surface area contributed by atoms with Crippen LogP contribution >= 0.6 is 0 Å². The molecule has 0 aromatic rings. The second-order valence-corrected chi connectivity index (χ2v) is 5.22. The van der Waals surface area contributed by atoms with E-state index in [2.05, 4.69) is 26.1 Å². The van der Waals surface area contributed by atoms with Crippen LogP contribution in [0.1, 0.15) is 47.0 Å². The minimum absolute atomic E-state index is 0.0321. The summed E-state index contributed by atoms with van der Waals surface area (Å²) in [5, 5.41) is 3.33. The lowest BCUT2D eigenvalue weighted by molar-refractivity contribution is -0.138. The summed E-state index contributed by atoms with van der Waals surface area (Å²) in [6, 6.07) is -0.0321. The maximum absolute atomic E-state index is 11.9. The average molecular weight is 212 g/mol. The van der Waals surface area contributed by atoms with Crippen molar-refractivity contribution in [1.29, 1.82) is 0 Å². The molecule has 88 valence electrons. The van der Waals surface area contributed by atoms with E-state index in [1.807, 2.05) is 11.8 Å². The van der Waals surface area contributed by atoms with Crippen LogP contribution in [-0.2, 0) is 4.79 Å². The summed E-state index contributed by atoms with van der Waals surface area (Å²) in [5.41, 5.74) is 0.0551. The van der Waals surface area contributed by atoms with Gasteiger partial charge in [-0.25, -0.2) is 0 Å². The van der Waals surface area contributed by atoms with Gasteiger partial charge in [-0.15, -0.1) is 0 Å². The Morgan fingerprint density at radius 1 is 1.47 bits per heavy atom. The van der Waals surface area contributed by atoms with Crippen molar-refractivity contribution in [2.45, 2.75) is 58.5 Å². The van der Waals surface area contributed by atoms with Crippen LogP contribution in [0.3, 0.4) is 0 Å². The molecule has 1 fully saturated rings. The summed E-state index contributed by atoms with van der Waals surface area (Å²) in [7, 11) is 0. The molecule has 15 heavy (non-hydrogen) atoms. The normalized spacial score (nSPS) is 25.7. The highest BCUT2D eigenvalue weighted by Crippen LogP contribution is 2.15. The van der Waals surface area contributed by atoms with Gasteiger partial charge >= 0.3 is 0 Å². The maximum Gasteiger partial charge on any atom is 0.239 e. The molecule has 1 saturated heterocycles.